The van der Waals surface area contributed by atoms with Gasteiger partial charge in [0.05, 0.1) is 24.4 Å². The molecule has 0 unspecified atom stereocenters. The van der Waals surface area contributed by atoms with E-state index in [2.05, 4.69) is 23.3 Å². The molecule has 6 heteroatoms. The third-order valence-corrected chi connectivity index (χ3v) is 4.69. The molecule has 1 N–H and O–H groups in total. The quantitative estimate of drug-likeness (QED) is 0.757. The van der Waals surface area contributed by atoms with Crippen molar-refractivity contribution in [3.63, 3.8) is 0 Å². The molecule has 1 amide bonds. The van der Waals surface area contributed by atoms with Crippen molar-refractivity contribution >= 4 is 32.6 Å². The van der Waals surface area contributed by atoms with Crippen LogP contribution in [0.2, 0.25) is 0 Å². The molecule has 3 rings (SSSR count). The number of aryl methyl sites for hydroxylation is 1. The van der Waals surface area contributed by atoms with E-state index in [-0.39, 0.29) is 5.91 Å². The van der Waals surface area contributed by atoms with Gasteiger partial charge in [0.25, 0.3) is 5.91 Å². The highest BCUT2D eigenvalue weighted by atomic mass is 32.1. The molecular weight excluding hydrogens is 324 g/mol. The lowest BCUT2D eigenvalue weighted by Gasteiger charge is -2.09. The SMILES string of the molecule is CCc1cccc2sc(NC(=O)c3ccc(OC)c(OC)c3)nc12. The van der Waals surface area contributed by atoms with Gasteiger partial charge < -0.3 is 9.47 Å². The first-order chi connectivity index (χ1) is 11.7. The highest BCUT2D eigenvalue weighted by Crippen LogP contribution is 2.30. The van der Waals surface area contributed by atoms with Crippen molar-refractivity contribution in [2.45, 2.75) is 13.3 Å². The fraction of sp³-hybridized carbons (Fsp3) is 0.222. The van der Waals surface area contributed by atoms with Crippen LogP contribution in [0.15, 0.2) is 36.4 Å². The van der Waals surface area contributed by atoms with Crippen LogP contribution >= 0.6 is 11.3 Å². The Labute approximate surface area is 144 Å². The molecule has 2 aromatic carbocycles. The molecule has 0 aliphatic rings. The minimum Gasteiger partial charge on any atom is -0.493 e. The number of aromatic nitrogens is 1. The molecular formula is C18H18N2O3S. The zero-order valence-corrected chi connectivity index (χ0v) is 14.6. The summed E-state index contributed by atoms with van der Waals surface area (Å²) in [4.78, 5) is 17.0. The van der Waals surface area contributed by atoms with E-state index < -0.39 is 0 Å². The summed E-state index contributed by atoms with van der Waals surface area (Å²) in [6.07, 6.45) is 0.907. The fourth-order valence-corrected chi connectivity index (χ4v) is 3.40. The van der Waals surface area contributed by atoms with E-state index in [9.17, 15) is 4.79 Å². The second-order valence-corrected chi connectivity index (χ2v) is 6.19. The Morgan fingerprint density at radius 3 is 2.67 bits per heavy atom. The second kappa shape index (κ2) is 6.88. The number of rotatable bonds is 5. The predicted octanol–water partition coefficient (Wildman–Crippen LogP) is 4.13. The first-order valence-corrected chi connectivity index (χ1v) is 8.39. The van der Waals surface area contributed by atoms with E-state index in [0.29, 0.717) is 22.2 Å². The van der Waals surface area contributed by atoms with Crippen molar-refractivity contribution in [1.29, 1.82) is 0 Å². The maximum atomic E-state index is 12.5. The van der Waals surface area contributed by atoms with Crippen LogP contribution in [0.25, 0.3) is 10.2 Å². The van der Waals surface area contributed by atoms with Crippen LogP contribution < -0.4 is 14.8 Å². The Hall–Kier alpha value is -2.60. The number of para-hydroxylation sites is 1. The van der Waals surface area contributed by atoms with Crippen LogP contribution in [0.5, 0.6) is 11.5 Å². The van der Waals surface area contributed by atoms with Crippen molar-refractivity contribution in [2.75, 3.05) is 19.5 Å². The smallest absolute Gasteiger partial charge is 0.257 e. The van der Waals surface area contributed by atoms with Crippen LogP contribution in [0.1, 0.15) is 22.8 Å². The fourth-order valence-electron chi connectivity index (χ4n) is 2.49. The van der Waals surface area contributed by atoms with Crippen molar-refractivity contribution in [1.82, 2.24) is 4.98 Å². The van der Waals surface area contributed by atoms with Gasteiger partial charge in [-0.05, 0) is 36.2 Å². The zero-order chi connectivity index (χ0) is 17.1. The number of carbonyl (C=O) groups is 1. The molecule has 24 heavy (non-hydrogen) atoms. The lowest BCUT2D eigenvalue weighted by Crippen LogP contribution is -2.11. The number of benzene rings is 2. The summed E-state index contributed by atoms with van der Waals surface area (Å²) in [5.41, 5.74) is 2.62. The summed E-state index contributed by atoms with van der Waals surface area (Å²) in [5, 5.41) is 3.45. The average Bonchev–Trinajstić information content (AvgIpc) is 3.03. The molecule has 0 spiro atoms. The van der Waals surface area contributed by atoms with Crippen LogP contribution in [0.3, 0.4) is 0 Å². The van der Waals surface area contributed by atoms with E-state index in [1.165, 1.54) is 16.9 Å². The summed E-state index contributed by atoms with van der Waals surface area (Å²) in [6, 6.07) is 11.1. The monoisotopic (exact) mass is 342 g/mol. The second-order valence-electron chi connectivity index (χ2n) is 5.16. The molecule has 0 aliphatic carbocycles. The Morgan fingerprint density at radius 2 is 1.96 bits per heavy atom. The molecule has 0 saturated carbocycles. The van der Waals surface area contributed by atoms with Crippen molar-refractivity contribution in [2.24, 2.45) is 0 Å². The molecule has 0 saturated heterocycles. The van der Waals surface area contributed by atoms with Gasteiger partial charge in [0, 0.05) is 5.56 Å². The summed E-state index contributed by atoms with van der Waals surface area (Å²) >= 11 is 1.47. The highest BCUT2D eigenvalue weighted by Gasteiger charge is 2.14. The molecule has 124 valence electrons. The van der Waals surface area contributed by atoms with Gasteiger partial charge in [-0.2, -0.15) is 0 Å². The molecule has 1 heterocycles. The summed E-state index contributed by atoms with van der Waals surface area (Å²) in [5.74, 6) is 0.873. The molecule has 3 aromatic rings. The summed E-state index contributed by atoms with van der Waals surface area (Å²) in [7, 11) is 3.10. The standard InChI is InChI=1S/C18H18N2O3S/c1-4-11-6-5-7-15-16(11)19-18(24-15)20-17(21)12-8-9-13(22-2)14(10-12)23-3/h5-10H,4H2,1-3H3,(H,19,20,21). The Morgan fingerprint density at radius 1 is 1.17 bits per heavy atom. The average molecular weight is 342 g/mol. The largest absolute Gasteiger partial charge is 0.493 e. The third-order valence-electron chi connectivity index (χ3n) is 3.75. The van der Waals surface area contributed by atoms with Gasteiger partial charge in [-0.15, -0.1) is 0 Å². The number of nitrogens with one attached hydrogen (secondary N) is 1. The van der Waals surface area contributed by atoms with Crippen molar-refractivity contribution in [3.05, 3.63) is 47.5 Å². The van der Waals surface area contributed by atoms with E-state index >= 15 is 0 Å². The minimum absolute atomic E-state index is 0.229. The van der Waals surface area contributed by atoms with Gasteiger partial charge in [-0.3, -0.25) is 10.1 Å². The number of anilines is 1. The van der Waals surface area contributed by atoms with Crippen LogP contribution in [0, 0.1) is 0 Å². The first kappa shape index (κ1) is 16.3. The molecule has 0 radical (unpaired) electrons. The Balaban J connectivity index is 1.87. The van der Waals surface area contributed by atoms with E-state index in [1.54, 1.807) is 32.4 Å². The summed E-state index contributed by atoms with van der Waals surface area (Å²) in [6.45, 7) is 2.09. The topological polar surface area (TPSA) is 60.5 Å². The maximum Gasteiger partial charge on any atom is 0.257 e. The van der Waals surface area contributed by atoms with Crippen LogP contribution in [-0.2, 0) is 6.42 Å². The minimum atomic E-state index is -0.229. The molecule has 5 nitrogen and oxygen atoms in total. The third kappa shape index (κ3) is 3.05. The molecule has 0 bridgehead atoms. The van der Waals surface area contributed by atoms with Gasteiger partial charge in [-0.25, -0.2) is 4.98 Å². The van der Waals surface area contributed by atoms with E-state index in [1.807, 2.05) is 12.1 Å². The number of ether oxygens (including phenoxy) is 2. The number of amides is 1. The molecule has 0 aliphatic heterocycles. The zero-order valence-electron chi connectivity index (χ0n) is 13.8. The van der Waals surface area contributed by atoms with Gasteiger partial charge in [0.2, 0.25) is 0 Å². The van der Waals surface area contributed by atoms with Gasteiger partial charge in [0.15, 0.2) is 16.6 Å². The van der Waals surface area contributed by atoms with Crippen LogP contribution in [-0.4, -0.2) is 25.1 Å². The Bertz CT molecular complexity index is 889. The first-order valence-electron chi connectivity index (χ1n) is 7.58. The van der Waals surface area contributed by atoms with Crippen molar-refractivity contribution < 1.29 is 14.3 Å². The number of nitrogens with zero attached hydrogens (tertiary/aromatic N) is 1. The highest BCUT2D eigenvalue weighted by molar-refractivity contribution is 7.22. The Kier molecular flexibility index (Phi) is 4.66. The van der Waals surface area contributed by atoms with Gasteiger partial charge in [-0.1, -0.05) is 30.4 Å². The normalized spacial score (nSPS) is 10.6. The van der Waals surface area contributed by atoms with E-state index in [0.717, 1.165) is 16.6 Å². The lowest BCUT2D eigenvalue weighted by molar-refractivity contribution is 0.102. The van der Waals surface area contributed by atoms with Crippen molar-refractivity contribution in [3.8, 4) is 11.5 Å². The number of hydrogen-bond donors (Lipinski definition) is 1. The molecule has 0 atom stereocenters. The van der Waals surface area contributed by atoms with Gasteiger partial charge in [0.1, 0.15) is 0 Å². The molecule has 0 fully saturated rings. The predicted molar refractivity (Wildman–Crippen MR) is 96.5 cm³/mol. The van der Waals surface area contributed by atoms with Crippen LogP contribution in [0.4, 0.5) is 5.13 Å². The molecule has 1 aromatic heterocycles. The summed E-state index contributed by atoms with van der Waals surface area (Å²) < 4.78 is 11.5. The lowest BCUT2D eigenvalue weighted by atomic mass is 10.1. The number of fused-ring (bicyclic) bond motifs is 1. The number of methoxy groups -OCH3 is 2. The number of hydrogen-bond acceptors (Lipinski definition) is 5. The van der Waals surface area contributed by atoms with E-state index in [4.69, 9.17) is 9.47 Å². The maximum absolute atomic E-state index is 12.5. The number of thiazole rings is 1. The number of carbonyl (C=O) groups excluding carboxylic acids is 1. The van der Waals surface area contributed by atoms with Gasteiger partial charge >= 0.3 is 0 Å².